The molecule has 7 nitrogen and oxygen atoms in total. The number of carbonyl (C=O) groups excluding carboxylic acids is 1. The number of benzene rings is 1. The molecule has 0 saturated heterocycles. The zero-order valence-corrected chi connectivity index (χ0v) is 17.6. The van der Waals surface area contributed by atoms with Crippen LogP contribution in [-0.4, -0.2) is 24.3 Å². The Kier molecular flexibility index (Phi) is 5.41. The minimum atomic E-state index is -0.728. The zero-order valence-electron chi connectivity index (χ0n) is 16.7. The summed E-state index contributed by atoms with van der Waals surface area (Å²) in [6.45, 7) is 3.70. The first-order valence-electron chi connectivity index (χ1n) is 9.40. The topological polar surface area (TPSA) is 83.0 Å². The highest BCUT2D eigenvalue weighted by atomic mass is 32.1. The van der Waals surface area contributed by atoms with E-state index < -0.39 is 12.0 Å². The lowest BCUT2D eigenvalue weighted by Crippen LogP contribution is -2.39. The second-order valence-corrected chi connectivity index (χ2v) is 7.60. The summed E-state index contributed by atoms with van der Waals surface area (Å²) in [6.07, 6.45) is 3.31. The third kappa shape index (κ3) is 3.50. The van der Waals surface area contributed by atoms with Gasteiger partial charge in [-0.2, -0.15) is 0 Å². The van der Waals surface area contributed by atoms with E-state index in [1.54, 1.807) is 39.2 Å². The summed E-state index contributed by atoms with van der Waals surface area (Å²) in [5.74, 6) is 0.704. The minimum Gasteiger partial charge on any atom is -0.497 e. The second-order valence-electron chi connectivity index (χ2n) is 6.59. The molecule has 0 amide bonds. The smallest absolute Gasteiger partial charge is 0.338 e. The lowest BCUT2D eigenvalue weighted by molar-refractivity contribution is -0.139. The Morgan fingerprint density at radius 1 is 1.30 bits per heavy atom. The summed E-state index contributed by atoms with van der Waals surface area (Å²) in [4.78, 5) is 31.0. The molecule has 8 heteroatoms. The number of hydrogen-bond acceptors (Lipinski definition) is 7. The summed E-state index contributed by atoms with van der Waals surface area (Å²) in [6, 6.07) is 10.1. The van der Waals surface area contributed by atoms with E-state index in [9.17, 15) is 9.59 Å². The number of hydrogen-bond donors (Lipinski definition) is 0. The van der Waals surface area contributed by atoms with Gasteiger partial charge in [0, 0.05) is 0 Å². The third-order valence-corrected chi connectivity index (χ3v) is 5.73. The van der Waals surface area contributed by atoms with Gasteiger partial charge in [-0.3, -0.25) is 9.36 Å². The number of esters is 1. The largest absolute Gasteiger partial charge is 0.497 e. The molecule has 1 aliphatic heterocycles. The minimum absolute atomic E-state index is 0.225. The number of furan rings is 1. The zero-order chi connectivity index (χ0) is 21.3. The fourth-order valence-corrected chi connectivity index (χ4v) is 4.41. The van der Waals surface area contributed by atoms with Crippen LogP contribution in [0.1, 0.15) is 31.2 Å². The highest BCUT2D eigenvalue weighted by Gasteiger charge is 2.34. The van der Waals surface area contributed by atoms with Gasteiger partial charge in [0.15, 0.2) is 4.80 Å². The van der Waals surface area contributed by atoms with E-state index in [4.69, 9.17) is 13.9 Å². The van der Waals surface area contributed by atoms with Crippen LogP contribution >= 0.6 is 11.3 Å². The molecule has 3 aromatic rings. The fraction of sp³-hybridized carbons (Fsp3) is 0.227. The van der Waals surface area contributed by atoms with Gasteiger partial charge in [-0.25, -0.2) is 9.79 Å². The van der Waals surface area contributed by atoms with Gasteiger partial charge in [0.1, 0.15) is 17.6 Å². The molecule has 3 heterocycles. The van der Waals surface area contributed by atoms with Crippen LogP contribution in [0.4, 0.5) is 0 Å². The molecule has 0 N–H and O–H groups in total. The van der Waals surface area contributed by atoms with Gasteiger partial charge >= 0.3 is 5.97 Å². The van der Waals surface area contributed by atoms with Gasteiger partial charge in [-0.1, -0.05) is 23.5 Å². The molecule has 1 atom stereocenters. The molecular formula is C22H20N2O5S. The second kappa shape index (κ2) is 8.16. The Morgan fingerprint density at radius 2 is 2.07 bits per heavy atom. The Hall–Kier alpha value is -3.39. The van der Waals surface area contributed by atoms with E-state index in [1.165, 1.54) is 22.2 Å². The van der Waals surface area contributed by atoms with Crippen molar-refractivity contribution in [2.45, 2.75) is 19.9 Å². The Morgan fingerprint density at radius 3 is 2.70 bits per heavy atom. The van der Waals surface area contributed by atoms with E-state index >= 15 is 0 Å². The van der Waals surface area contributed by atoms with Crippen molar-refractivity contribution in [1.29, 1.82) is 0 Å². The predicted molar refractivity (Wildman–Crippen MR) is 112 cm³/mol. The van der Waals surface area contributed by atoms with Crippen molar-refractivity contribution in [3.05, 3.63) is 84.9 Å². The first-order chi connectivity index (χ1) is 14.5. The molecular weight excluding hydrogens is 404 g/mol. The summed E-state index contributed by atoms with van der Waals surface area (Å²) < 4.78 is 18.0. The number of aromatic nitrogens is 1. The fourth-order valence-electron chi connectivity index (χ4n) is 3.36. The average molecular weight is 424 g/mol. The van der Waals surface area contributed by atoms with Gasteiger partial charge in [0.2, 0.25) is 0 Å². The van der Waals surface area contributed by atoms with Crippen molar-refractivity contribution in [3.63, 3.8) is 0 Å². The summed E-state index contributed by atoms with van der Waals surface area (Å²) in [5, 5.41) is 0. The number of rotatable bonds is 5. The molecule has 0 saturated carbocycles. The standard InChI is InChI=1S/C22H20N2O5S/c1-4-28-21(26)18-13(2)23-22-24(19(18)16-6-5-11-29-16)20(25)17(30-22)12-14-7-9-15(27-3)10-8-14/h5-12,19H,4H2,1-3H3/b17-12-/t19-/m1/s1. The van der Waals surface area contributed by atoms with Crippen LogP contribution < -0.4 is 19.6 Å². The molecule has 154 valence electrons. The molecule has 2 aromatic heterocycles. The van der Waals surface area contributed by atoms with Crippen molar-refractivity contribution in [2.24, 2.45) is 4.99 Å². The normalized spacial score (nSPS) is 16.2. The molecule has 0 aliphatic carbocycles. The highest BCUT2D eigenvalue weighted by molar-refractivity contribution is 7.07. The van der Waals surface area contributed by atoms with Crippen molar-refractivity contribution < 1.29 is 18.7 Å². The maximum absolute atomic E-state index is 13.3. The number of carbonyl (C=O) groups is 1. The first kappa shape index (κ1) is 19.9. The number of thiazole rings is 1. The SMILES string of the molecule is CCOC(=O)C1=C(C)N=c2s/c(=C\c3ccc(OC)cc3)c(=O)n2[C@@H]1c1ccco1. The van der Waals surface area contributed by atoms with Gasteiger partial charge in [0.05, 0.1) is 35.8 Å². The molecule has 4 rings (SSSR count). The predicted octanol–water partition coefficient (Wildman–Crippen LogP) is 2.40. The van der Waals surface area contributed by atoms with Crippen LogP contribution in [0.2, 0.25) is 0 Å². The van der Waals surface area contributed by atoms with Crippen LogP contribution in [0.5, 0.6) is 5.75 Å². The number of ether oxygens (including phenoxy) is 2. The van der Waals surface area contributed by atoms with Crippen molar-refractivity contribution in [2.75, 3.05) is 13.7 Å². The van der Waals surface area contributed by atoms with Crippen molar-refractivity contribution >= 4 is 23.4 Å². The third-order valence-electron chi connectivity index (χ3n) is 4.74. The average Bonchev–Trinajstić information content (AvgIpc) is 3.37. The maximum Gasteiger partial charge on any atom is 0.338 e. The highest BCUT2D eigenvalue weighted by Crippen LogP contribution is 2.30. The Labute approximate surface area is 176 Å². The summed E-state index contributed by atoms with van der Waals surface area (Å²) in [7, 11) is 1.60. The number of allylic oxidation sites excluding steroid dienone is 1. The van der Waals surface area contributed by atoms with E-state index in [0.717, 1.165) is 11.3 Å². The van der Waals surface area contributed by atoms with E-state index in [-0.39, 0.29) is 12.2 Å². The summed E-state index contributed by atoms with van der Waals surface area (Å²) in [5.41, 5.74) is 1.42. The van der Waals surface area contributed by atoms with Crippen LogP contribution in [0.3, 0.4) is 0 Å². The number of methoxy groups -OCH3 is 1. The van der Waals surface area contributed by atoms with Gasteiger partial charge in [0.25, 0.3) is 5.56 Å². The van der Waals surface area contributed by atoms with Crippen LogP contribution in [-0.2, 0) is 9.53 Å². The molecule has 30 heavy (non-hydrogen) atoms. The van der Waals surface area contributed by atoms with Crippen molar-refractivity contribution in [3.8, 4) is 5.75 Å². The van der Waals surface area contributed by atoms with E-state index in [2.05, 4.69) is 4.99 Å². The molecule has 0 unspecified atom stereocenters. The molecule has 0 spiro atoms. The van der Waals surface area contributed by atoms with Crippen LogP contribution in [0, 0.1) is 0 Å². The maximum atomic E-state index is 13.3. The Balaban J connectivity index is 1.90. The number of fused-ring (bicyclic) bond motifs is 1. The molecule has 0 radical (unpaired) electrons. The molecule has 0 fully saturated rings. The van der Waals surface area contributed by atoms with Crippen LogP contribution in [0.15, 0.2) is 68.1 Å². The van der Waals surface area contributed by atoms with E-state index in [0.29, 0.717) is 26.4 Å². The lowest BCUT2D eigenvalue weighted by Gasteiger charge is -2.22. The molecule has 0 bridgehead atoms. The van der Waals surface area contributed by atoms with E-state index in [1.807, 2.05) is 24.3 Å². The van der Waals surface area contributed by atoms with Crippen molar-refractivity contribution in [1.82, 2.24) is 4.57 Å². The summed E-state index contributed by atoms with van der Waals surface area (Å²) >= 11 is 1.27. The molecule has 1 aliphatic rings. The number of nitrogens with zero attached hydrogens (tertiary/aromatic N) is 2. The van der Waals surface area contributed by atoms with Gasteiger partial charge < -0.3 is 13.9 Å². The first-order valence-corrected chi connectivity index (χ1v) is 10.2. The van der Waals surface area contributed by atoms with Crippen LogP contribution in [0.25, 0.3) is 6.08 Å². The quantitative estimate of drug-likeness (QED) is 0.588. The van der Waals surface area contributed by atoms with Gasteiger partial charge in [-0.05, 0) is 49.8 Å². The lowest BCUT2D eigenvalue weighted by atomic mass is 10.0. The monoisotopic (exact) mass is 424 g/mol. The Bertz CT molecular complexity index is 1280. The molecule has 1 aromatic carbocycles. The van der Waals surface area contributed by atoms with Gasteiger partial charge in [-0.15, -0.1) is 0 Å².